The second kappa shape index (κ2) is 8.47. The molecule has 0 bridgehead atoms. The summed E-state index contributed by atoms with van der Waals surface area (Å²) in [4.78, 5) is 16.5. The van der Waals surface area contributed by atoms with Crippen molar-refractivity contribution in [3.8, 4) is 0 Å². The molecule has 1 N–H and O–H groups in total. The number of piperazine rings is 1. The first-order chi connectivity index (χ1) is 10.8. The van der Waals surface area contributed by atoms with Crippen molar-refractivity contribution in [1.82, 2.24) is 29.9 Å². The Morgan fingerprint density at radius 2 is 1.83 bits per heavy atom. The maximum absolute atomic E-state index is 12.2. The molecule has 0 atom stereocenters. The third-order valence-corrected chi connectivity index (χ3v) is 4.91. The fraction of sp³-hybridized carbons (Fsp3) is 0.800. The highest BCUT2D eigenvalue weighted by molar-refractivity contribution is 5.85. The molecule has 1 saturated heterocycles. The number of rotatable bonds is 4. The molecule has 1 amide bonds. The van der Waals surface area contributed by atoms with Gasteiger partial charge in [0.1, 0.15) is 11.6 Å². The highest BCUT2D eigenvalue weighted by Gasteiger charge is 2.32. The van der Waals surface area contributed by atoms with E-state index >= 15 is 0 Å². The van der Waals surface area contributed by atoms with E-state index in [0.29, 0.717) is 12.3 Å². The van der Waals surface area contributed by atoms with Crippen LogP contribution >= 0.6 is 24.8 Å². The number of nitrogens with one attached hydrogen (secondary N) is 1. The smallest absolute Gasteiger partial charge is 0.223 e. The van der Waals surface area contributed by atoms with E-state index in [4.69, 9.17) is 0 Å². The molecule has 1 aromatic rings. The lowest BCUT2D eigenvalue weighted by Gasteiger charge is -2.30. The molecule has 0 aromatic carbocycles. The first-order valence-electron chi connectivity index (χ1n) is 8.44. The van der Waals surface area contributed by atoms with Crippen molar-refractivity contribution in [3.05, 3.63) is 11.6 Å². The molecule has 0 spiro atoms. The normalized spacial score (nSPS) is 20.8. The topological polar surface area (TPSA) is 66.3 Å². The van der Waals surface area contributed by atoms with E-state index in [1.54, 1.807) is 0 Å². The Morgan fingerprint density at radius 1 is 1.08 bits per heavy atom. The highest BCUT2D eigenvalue weighted by Crippen LogP contribution is 2.39. The number of fused-ring (bicyclic) bond motifs is 1. The molecule has 1 aliphatic carbocycles. The van der Waals surface area contributed by atoms with Crippen molar-refractivity contribution in [2.75, 3.05) is 39.3 Å². The Balaban J connectivity index is 0.00000104. The van der Waals surface area contributed by atoms with Crippen LogP contribution in [0.2, 0.25) is 0 Å². The third-order valence-electron chi connectivity index (χ3n) is 4.91. The largest absolute Gasteiger partial charge is 0.340 e. The number of carbonyl (C=O) groups is 1. The van der Waals surface area contributed by atoms with Crippen LogP contribution in [-0.4, -0.2) is 69.7 Å². The van der Waals surface area contributed by atoms with Crippen LogP contribution in [0.1, 0.15) is 36.8 Å². The van der Waals surface area contributed by atoms with Gasteiger partial charge < -0.3 is 14.8 Å². The second-order valence-electron chi connectivity index (χ2n) is 6.56. The summed E-state index contributed by atoms with van der Waals surface area (Å²) in [5.41, 5.74) is 0. The standard InChI is InChI=1S/C15H24N6O.2ClH/c22-14(20-7-4-16-5-8-20)3-6-19-9-10-21-13(11-19)17-18-15(21)12-1-2-12;;/h12,16H,1-11H2;2*1H. The fourth-order valence-corrected chi connectivity index (χ4v) is 3.39. The molecule has 7 nitrogen and oxygen atoms in total. The average Bonchev–Trinajstić information content (AvgIpc) is 3.33. The second-order valence-corrected chi connectivity index (χ2v) is 6.56. The van der Waals surface area contributed by atoms with E-state index in [9.17, 15) is 4.79 Å². The minimum atomic E-state index is 0. The number of aromatic nitrogens is 3. The lowest BCUT2D eigenvalue weighted by atomic mass is 10.2. The number of halogens is 2. The van der Waals surface area contributed by atoms with Gasteiger partial charge in [-0.15, -0.1) is 35.0 Å². The number of nitrogens with zero attached hydrogens (tertiary/aromatic N) is 5. The maximum atomic E-state index is 12.2. The number of carbonyl (C=O) groups excluding carboxylic acids is 1. The van der Waals surface area contributed by atoms with Crippen LogP contribution in [0, 0.1) is 0 Å². The van der Waals surface area contributed by atoms with Gasteiger partial charge in [-0.05, 0) is 12.8 Å². The van der Waals surface area contributed by atoms with Crippen LogP contribution in [0.3, 0.4) is 0 Å². The van der Waals surface area contributed by atoms with Crippen LogP contribution in [0.4, 0.5) is 0 Å². The van der Waals surface area contributed by atoms with E-state index in [-0.39, 0.29) is 30.7 Å². The Kier molecular flexibility index (Phi) is 6.86. The van der Waals surface area contributed by atoms with Gasteiger partial charge in [-0.1, -0.05) is 0 Å². The van der Waals surface area contributed by atoms with Gasteiger partial charge in [-0.3, -0.25) is 9.69 Å². The average molecular weight is 377 g/mol. The summed E-state index contributed by atoms with van der Waals surface area (Å²) < 4.78 is 2.30. The van der Waals surface area contributed by atoms with Crippen LogP contribution in [0.15, 0.2) is 0 Å². The van der Waals surface area contributed by atoms with Gasteiger partial charge in [-0.2, -0.15) is 0 Å². The zero-order valence-corrected chi connectivity index (χ0v) is 15.4. The molecule has 2 aliphatic heterocycles. The molecule has 24 heavy (non-hydrogen) atoms. The van der Waals surface area contributed by atoms with E-state index in [1.807, 2.05) is 4.90 Å². The van der Waals surface area contributed by atoms with Crippen molar-refractivity contribution >= 4 is 30.7 Å². The van der Waals surface area contributed by atoms with Gasteiger partial charge in [0.2, 0.25) is 5.91 Å². The third kappa shape index (κ3) is 4.20. The Morgan fingerprint density at radius 3 is 2.54 bits per heavy atom. The molecule has 1 saturated carbocycles. The van der Waals surface area contributed by atoms with Gasteiger partial charge in [0.15, 0.2) is 0 Å². The predicted molar refractivity (Wildman–Crippen MR) is 95.8 cm³/mol. The molecule has 3 heterocycles. The zero-order valence-electron chi connectivity index (χ0n) is 13.8. The Hall–Kier alpha value is -0.890. The first kappa shape index (κ1) is 19.4. The van der Waals surface area contributed by atoms with Crippen LogP contribution in [0.5, 0.6) is 0 Å². The molecule has 4 rings (SSSR count). The number of amides is 1. The highest BCUT2D eigenvalue weighted by atomic mass is 35.5. The van der Waals surface area contributed by atoms with E-state index in [1.165, 1.54) is 18.7 Å². The number of hydrogen-bond donors (Lipinski definition) is 1. The molecule has 1 aromatic heterocycles. The quantitative estimate of drug-likeness (QED) is 0.834. The summed E-state index contributed by atoms with van der Waals surface area (Å²) in [6.45, 7) is 7.15. The number of hydrogen-bond acceptors (Lipinski definition) is 5. The van der Waals surface area contributed by atoms with E-state index < -0.39 is 0 Å². The van der Waals surface area contributed by atoms with Crippen molar-refractivity contribution in [2.45, 2.75) is 38.3 Å². The summed E-state index contributed by atoms with van der Waals surface area (Å²) in [6.07, 6.45) is 3.14. The van der Waals surface area contributed by atoms with Gasteiger partial charge in [0.25, 0.3) is 0 Å². The summed E-state index contributed by atoms with van der Waals surface area (Å²) >= 11 is 0. The molecular formula is C15H26Cl2N6O. The SMILES string of the molecule is Cl.Cl.O=C(CCN1CCn2c(nnc2C2CC2)C1)N1CCNCC1. The molecule has 0 unspecified atom stereocenters. The molecular weight excluding hydrogens is 351 g/mol. The summed E-state index contributed by atoms with van der Waals surface area (Å²) in [7, 11) is 0. The zero-order chi connectivity index (χ0) is 14.9. The minimum absolute atomic E-state index is 0. The van der Waals surface area contributed by atoms with Crippen molar-refractivity contribution < 1.29 is 4.79 Å². The van der Waals surface area contributed by atoms with Crippen molar-refractivity contribution in [1.29, 1.82) is 0 Å². The minimum Gasteiger partial charge on any atom is -0.340 e. The van der Waals surface area contributed by atoms with Gasteiger partial charge in [0, 0.05) is 58.2 Å². The van der Waals surface area contributed by atoms with Crippen molar-refractivity contribution in [3.63, 3.8) is 0 Å². The van der Waals surface area contributed by atoms with Crippen LogP contribution < -0.4 is 5.32 Å². The lowest BCUT2D eigenvalue weighted by Crippen LogP contribution is -2.47. The molecule has 136 valence electrons. The molecule has 2 fully saturated rings. The molecule has 0 radical (unpaired) electrons. The van der Waals surface area contributed by atoms with E-state index in [0.717, 1.165) is 58.2 Å². The monoisotopic (exact) mass is 376 g/mol. The molecule has 3 aliphatic rings. The maximum Gasteiger partial charge on any atom is 0.223 e. The Labute approximate surface area is 155 Å². The fourth-order valence-electron chi connectivity index (χ4n) is 3.39. The predicted octanol–water partition coefficient (Wildman–Crippen LogP) is 0.637. The summed E-state index contributed by atoms with van der Waals surface area (Å²) in [6, 6.07) is 0. The summed E-state index contributed by atoms with van der Waals surface area (Å²) in [5.74, 6) is 3.20. The van der Waals surface area contributed by atoms with Gasteiger partial charge in [0.05, 0.1) is 6.54 Å². The van der Waals surface area contributed by atoms with Crippen LogP contribution in [0.25, 0.3) is 0 Å². The molecule has 9 heteroatoms. The van der Waals surface area contributed by atoms with Gasteiger partial charge in [-0.25, -0.2) is 0 Å². The Bertz CT molecular complexity index is 556. The van der Waals surface area contributed by atoms with E-state index in [2.05, 4.69) is 25.0 Å². The van der Waals surface area contributed by atoms with Gasteiger partial charge >= 0.3 is 0 Å². The lowest BCUT2D eigenvalue weighted by molar-refractivity contribution is -0.132. The van der Waals surface area contributed by atoms with Crippen molar-refractivity contribution in [2.24, 2.45) is 0 Å². The van der Waals surface area contributed by atoms with Crippen LogP contribution in [-0.2, 0) is 17.9 Å². The first-order valence-corrected chi connectivity index (χ1v) is 8.44. The summed E-state index contributed by atoms with van der Waals surface area (Å²) in [5, 5.41) is 12.0.